The summed E-state index contributed by atoms with van der Waals surface area (Å²) in [4.78, 5) is 24.6. The predicted molar refractivity (Wildman–Crippen MR) is 375 cm³/mol. The molecule has 0 fully saturated rings. The second-order valence-corrected chi connectivity index (χ2v) is 26.0. The van der Waals surface area contributed by atoms with Gasteiger partial charge in [-0.1, -0.05) is 357 Å². The van der Waals surface area contributed by atoms with Gasteiger partial charge in [-0.3, -0.25) is 9.59 Å². The number of carbonyl (C=O) groups is 2. The number of hydrogen-bond acceptors (Lipinski definition) is 5. The fraction of sp³-hybridized carbons (Fsp3) is 0.848. The number of ether oxygens (including phenoxy) is 1. The summed E-state index contributed by atoms with van der Waals surface area (Å²) in [6.07, 6.45) is 98.9. The lowest BCUT2D eigenvalue weighted by molar-refractivity contribution is -0.143. The Kier molecular flexibility index (Phi) is 71.9. The molecule has 0 bridgehead atoms. The largest absolute Gasteiger partial charge is 0.466 e. The van der Waals surface area contributed by atoms with Gasteiger partial charge in [0.1, 0.15) is 0 Å². The lowest BCUT2D eigenvalue weighted by atomic mass is 10.0. The van der Waals surface area contributed by atoms with E-state index in [0.29, 0.717) is 19.4 Å². The van der Waals surface area contributed by atoms with E-state index in [1.54, 1.807) is 6.08 Å². The highest BCUT2D eigenvalue weighted by Gasteiger charge is 2.18. The number of rotatable bonds is 71. The van der Waals surface area contributed by atoms with E-state index in [4.69, 9.17) is 4.74 Å². The summed E-state index contributed by atoms with van der Waals surface area (Å²) < 4.78 is 5.50. The molecule has 2 unspecified atom stereocenters. The maximum Gasteiger partial charge on any atom is 0.305 e. The van der Waals surface area contributed by atoms with Crippen LogP contribution in [-0.2, 0) is 14.3 Å². The van der Waals surface area contributed by atoms with E-state index < -0.39 is 12.1 Å². The Bertz CT molecular complexity index is 1470. The van der Waals surface area contributed by atoms with Crippen LogP contribution < -0.4 is 5.32 Å². The summed E-state index contributed by atoms with van der Waals surface area (Å²) in [5.74, 6) is -0.0590. The van der Waals surface area contributed by atoms with Crippen LogP contribution in [0.1, 0.15) is 406 Å². The molecule has 498 valence electrons. The minimum Gasteiger partial charge on any atom is -0.466 e. The molecule has 0 aromatic heterocycles. The molecule has 2 atom stereocenters. The van der Waals surface area contributed by atoms with Crippen molar-refractivity contribution in [2.45, 2.75) is 418 Å². The lowest BCUT2D eigenvalue weighted by Gasteiger charge is -2.20. The number of amides is 1. The fourth-order valence-electron chi connectivity index (χ4n) is 11.7. The number of esters is 1. The summed E-state index contributed by atoms with van der Waals surface area (Å²) in [5.41, 5.74) is 0. The van der Waals surface area contributed by atoms with Crippen LogP contribution in [0.5, 0.6) is 0 Å². The highest BCUT2D eigenvalue weighted by molar-refractivity contribution is 5.76. The molecule has 0 saturated heterocycles. The van der Waals surface area contributed by atoms with E-state index in [-0.39, 0.29) is 18.5 Å². The van der Waals surface area contributed by atoms with Crippen LogP contribution in [0, 0.1) is 0 Å². The average Bonchev–Trinajstić information content (AvgIpc) is 3.51. The molecular weight excluding hydrogens is 1040 g/mol. The maximum absolute atomic E-state index is 12.5. The van der Waals surface area contributed by atoms with Crippen molar-refractivity contribution in [2.75, 3.05) is 13.2 Å². The predicted octanol–water partition coefficient (Wildman–Crippen LogP) is 25.0. The highest BCUT2D eigenvalue weighted by Crippen LogP contribution is 2.18. The molecule has 0 spiro atoms. The lowest BCUT2D eigenvalue weighted by Crippen LogP contribution is -2.45. The minimum atomic E-state index is -0.846. The van der Waals surface area contributed by atoms with Crippen LogP contribution in [0.4, 0.5) is 0 Å². The van der Waals surface area contributed by atoms with Gasteiger partial charge in [0.05, 0.1) is 25.4 Å². The summed E-state index contributed by atoms with van der Waals surface area (Å²) in [7, 11) is 0. The zero-order valence-corrected chi connectivity index (χ0v) is 57.1. The normalized spacial score (nSPS) is 12.8. The minimum absolute atomic E-state index is 0.00522. The first-order valence-corrected chi connectivity index (χ1v) is 38.1. The van der Waals surface area contributed by atoms with Crippen LogP contribution in [0.15, 0.2) is 60.8 Å². The van der Waals surface area contributed by atoms with E-state index in [1.165, 1.54) is 321 Å². The molecular formula is C79H147NO5. The van der Waals surface area contributed by atoms with Crippen LogP contribution >= 0.6 is 0 Å². The summed E-state index contributed by atoms with van der Waals surface area (Å²) in [6, 6.07) is -0.629. The van der Waals surface area contributed by atoms with Crippen molar-refractivity contribution in [1.82, 2.24) is 5.32 Å². The molecule has 3 N–H and O–H groups in total. The van der Waals surface area contributed by atoms with Crippen LogP contribution in [0.25, 0.3) is 0 Å². The summed E-state index contributed by atoms with van der Waals surface area (Å²) >= 11 is 0. The third kappa shape index (κ3) is 70.5. The zero-order chi connectivity index (χ0) is 61.3. The third-order valence-corrected chi connectivity index (χ3v) is 17.5. The first-order valence-electron chi connectivity index (χ1n) is 38.1. The van der Waals surface area contributed by atoms with Gasteiger partial charge in [-0.05, 0) is 96.3 Å². The Morgan fingerprint density at radius 3 is 0.918 bits per heavy atom. The smallest absolute Gasteiger partial charge is 0.305 e. The molecule has 6 nitrogen and oxygen atoms in total. The fourth-order valence-corrected chi connectivity index (χ4v) is 11.7. The first kappa shape index (κ1) is 82.6. The molecule has 85 heavy (non-hydrogen) atoms. The van der Waals surface area contributed by atoms with Gasteiger partial charge in [0, 0.05) is 12.8 Å². The number of aliphatic hydroxyl groups is 2. The Labute approximate surface area is 530 Å². The SMILES string of the molecule is CCCCC/C=C\C/C=C\CCCCCCCCCC(=O)OCCCCCCCCCCC/C=C\C/C=C\CCCCCCCCCCCCCCCCCC(=O)NC(CO)C(O)/C=C/CCCCCCCCCCCCCCCCCCCC. The number of carbonyl (C=O) groups excluding carboxylic acids is 2. The van der Waals surface area contributed by atoms with Crippen molar-refractivity contribution in [1.29, 1.82) is 0 Å². The van der Waals surface area contributed by atoms with E-state index in [9.17, 15) is 19.8 Å². The number of hydrogen-bond donors (Lipinski definition) is 3. The van der Waals surface area contributed by atoms with Crippen molar-refractivity contribution in [3.8, 4) is 0 Å². The van der Waals surface area contributed by atoms with Gasteiger partial charge in [0.25, 0.3) is 0 Å². The quantitative estimate of drug-likeness (QED) is 0.0320. The van der Waals surface area contributed by atoms with Crippen molar-refractivity contribution in [3.05, 3.63) is 60.8 Å². The van der Waals surface area contributed by atoms with Crippen LogP contribution in [0.2, 0.25) is 0 Å². The zero-order valence-electron chi connectivity index (χ0n) is 57.1. The third-order valence-electron chi connectivity index (χ3n) is 17.5. The van der Waals surface area contributed by atoms with Gasteiger partial charge < -0.3 is 20.3 Å². The van der Waals surface area contributed by atoms with E-state index >= 15 is 0 Å². The molecule has 0 saturated carbocycles. The number of aliphatic hydroxyl groups excluding tert-OH is 2. The van der Waals surface area contributed by atoms with Gasteiger partial charge in [-0.2, -0.15) is 0 Å². The van der Waals surface area contributed by atoms with Crippen molar-refractivity contribution in [2.24, 2.45) is 0 Å². The maximum atomic E-state index is 12.5. The van der Waals surface area contributed by atoms with Crippen molar-refractivity contribution < 1.29 is 24.5 Å². The second kappa shape index (κ2) is 74.0. The van der Waals surface area contributed by atoms with Gasteiger partial charge in [0.2, 0.25) is 5.91 Å². The molecule has 0 aromatic carbocycles. The Morgan fingerprint density at radius 1 is 0.329 bits per heavy atom. The summed E-state index contributed by atoms with van der Waals surface area (Å²) in [6.45, 7) is 4.90. The Morgan fingerprint density at radius 2 is 0.588 bits per heavy atom. The highest BCUT2D eigenvalue weighted by atomic mass is 16.5. The Balaban J connectivity index is 3.42. The summed E-state index contributed by atoms with van der Waals surface area (Å²) in [5, 5.41) is 23.3. The molecule has 6 heteroatoms. The standard InChI is InChI=1S/C79H147NO5/c1-3-5-7-9-11-13-15-17-19-21-22-36-40-43-47-51-55-59-63-67-71-77(82)76(75-81)80-78(83)72-68-64-60-56-52-48-44-41-37-34-32-30-28-26-24-23-25-27-29-31-33-35-38-42-46-50-54-58-62-66-70-74-85-79(84)73-69-65-61-57-53-49-45-39-20-18-16-14-12-10-8-6-4-2/h12,14,18,20,25,27,31,33,67,71,76-77,81-82H,3-11,13,15-17,19,21-24,26,28-30,32,34-66,68-70,72-75H2,1-2H3,(H,80,83)/b14-12-,20-18-,27-25-,33-31-,71-67+. The molecule has 0 aliphatic rings. The Hall–Kier alpha value is -2.44. The van der Waals surface area contributed by atoms with E-state index in [1.807, 2.05) is 6.08 Å². The van der Waals surface area contributed by atoms with Crippen molar-refractivity contribution in [3.63, 3.8) is 0 Å². The van der Waals surface area contributed by atoms with Gasteiger partial charge in [0.15, 0.2) is 0 Å². The molecule has 0 aromatic rings. The van der Waals surface area contributed by atoms with E-state index in [2.05, 4.69) is 67.8 Å². The average molecular weight is 1190 g/mol. The van der Waals surface area contributed by atoms with Gasteiger partial charge >= 0.3 is 5.97 Å². The molecule has 1 amide bonds. The van der Waals surface area contributed by atoms with Crippen LogP contribution in [0.3, 0.4) is 0 Å². The van der Waals surface area contributed by atoms with E-state index in [0.717, 1.165) is 57.8 Å². The number of unbranched alkanes of at least 4 members (excludes halogenated alkanes) is 52. The molecule has 0 aliphatic heterocycles. The first-order chi connectivity index (χ1) is 42.0. The number of nitrogens with one attached hydrogen (secondary N) is 1. The van der Waals surface area contributed by atoms with Crippen LogP contribution in [-0.4, -0.2) is 47.4 Å². The molecule has 0 aliphatic carbocycles. The molecule has 0 radical (unpaired) electrons. The molecule has 0 heterocycles. The topological polar surface area (TPSA) is 95.9 Å². The second-order valence-electron chi connectivity index (χ2n) is 26.0. The van der Waals surface area contributed by atoms with Crippen molar-refractivity contribution >= 4 is 11.9 Å². The van der Waals surface area contributed by atoms with Gasteiger partial charge in [-0.25, -0.2) is 0 Å². The van der Waals surface area contributed by atoms with Gasteiger partial charge in [-0.15, -0.1) is 0 Å². The molecule has 0 rings (SSSR count). The monoisotopic (exact) mass is 1190 g/mol. The number of allylic oxidation sites excluding steroid dienone is 9.